The van der Waals surface area contributed by atoms with Gasteiger partial charge in [-0.2, -0.15) is 0 Å². The van der Waals surface area contributed by atoms with E-state index in [1.807, 2.05) is 38.1 Å². The SMILES string of the molecule is COC(=O)CCc1c(N)cccc1-c1ccnc(C)c1C. The minimum Gasteiger partial charge on any atom is -0.469 e. The number of pyridine rings is 1. The highest BCUT2D eigenvalue weighted by Crippen LogP contribution is 2.31. The fourth-order valence-electron chi connectivity index (χ4n) is 2.40. The largest absolute Gasteiger partial charge is 0.469 e. The third-order valence-corrected chi connectivity index (χ3v) is 3.77. The number of hydrogen-bond acceptors (Lipinski definition) is 4. The molecule has 0 bridgehead atoms. The van der Waals surface area contributed by atoms with Gasteiger partial charge in [0.05, 0.1) is 7.11 Å². The van der Waals surface area contributed by atoms with Gasteiger partial charge in [-0.1, -0.05) is 12.1 Å². The van der Waals surface area contributed by atoms with Crippen LogP contribution in [0, 0.1) is 13.8 Å². The number of aryl methyl sites for hydroxylation is 1. The molecule has 0 saturated carbocycles. The van der Waals surface area contributed by atoms with E-state index in [1.165, 1.54) is 7.11 Å². The van der Waals surface area contributed by atoms with Gasteiger partial charge < -0.3 is 10.5 Å². The zero-order valence-corrected chi connectivity index (χ0v) is 12.6. The number of aromatic nitrogens is 1. The third kappa shape index (κ3) is 3.21. The first-order valence-electron chi connectivity index (χ1n) is 6.91. The Morgan fingerprint density at radius 3 is 2.71 bits per heavy atom. The Hall–Kier alpha value is -2.36. The molecule has 110 valence electrons. The summed E-state index contributed by atoms with van der Waals surface area (Å²) in [6.07, 6.45) is 2.68. The molecule has 2 rings (SSSR count). The van der Waals surface area contributed by atoms with Crippen LogP contribution in [-0.4, -0.2) is 18.1 Å². The van der Waals surface area contributed by atoms with Gasteiger partial charge in [0.1, 0.15) is 0 Å². The van der Waals surface area contributed by atoms with Gasteiger partial charge in [0, 0.05) is 24.0 Å². The second-order valence-electron chi connectivity index (χ2n) is 5.02. The van der Waals surface area contributed by atoms with Crippen LogP contribution in [0.5, 0.6) is 0 Å². The molecular formula is C17H20N2O2. The fourth-order valence-corrected chi connectivity index (χ4v) is 2.40. The highest BCUT2D eigenvalue weighted by molar-refractivity contribution is 5.77. The van der Waals surface area contributed by atoms with E-state index in [4.69, 9.17) is 10.5 Å². The maximum Gasteiger partial charge on any atom is 0.305 e. The summed E-state index contributed by atoms with van der Waals surface area (Å²) < 4.78 is 4.71. The Morgan fingerprint density at radius 2 is 2.00 bits per heavy atom. The number of benzene rings is 1. The summed E-state index contributed by atoms with van der Waals surface area (Å²) in [7, 11) is 1.40. The van der Waals surface area contributed by atoms with Crippen LogP contribution in [0.1, 0.15) is 23.2 Å². The Bertz CT molecular complexity index is 666. The van der Waals surface area contributed by atoms with Crippen LogP contribution in [0.4, 0.5) is 5.69 Å². The predicted molar refractivity (Wildman–Crippen MR) is 83.9 cm³/mol. The third-order valence-electron chi connectivity index (χ3n) is 3.77. The van der Waals surface area contributed by atoms with Gasteiger partial charge in [-0.25, -0.2) is 0 Å². The molecule has 0 aliphatic heterocycles. The number of hydrogen-bond donors (Lipinski definition) is 1. The summed E-state index contributed by atoms with van der Waals surface area (Å²) in [6, 6.07) is 7.81. The molecule has 2 aromatic rings. The molecule has 0 unspecified atom stereocenters. The zero-order chi connectivity index (χ0) is 15.4. The molecule has 0 atom stereocenters. The van der Waals surface area contributed by atoms with Crippen molar-refractivity contribution in [1.82, 2.24) is 4.98 Å². The second-order valence-corrected chi connectivity index (χ2v) is 5.02. The fraction of sp³-hybridized carbons (Fsp3) is 0.294. The molecule has 1 aromatic carbocycles. The van der Waals surface area contributed by atoms with Crippen molar-refractivity contribution in [2.24, 2.45) is 0 Å². The van der Waals surface area contributed by atoms with Gasteiger partial charge in [-0.3, -0.25) is 9.78 Å². The van der Waals surface area contributed by atoms with E-state index >= 15 is 0 Å². The van der Waals surface area contributed by atoms with Crippen molar-refractivity contribution in [3.8, 4) is 11.1 Å². The summed E-state index contributed by atoms with van der Waals surface area (Å²) in [5.41, 5.74) is 12.1. The maximum atomic E-state index is 11.4. The van der Waals surface area contributed by atoms with Crippen molar-refractivity contribution in [3.05, 3.63) is 47.3 Å². The van der Waals surface area contributed by atoms with E-state index in [1.54, 1.807) is 6.20 Å². The topological polar surface area (TPSA) is 65.2 Å². The van der Waals surface area contributed by atoms with Crippen LogP contribution in [0.3, 0.4) is 0 Å². The first-order chi connectivity index (χ1) is 10.0. The quantitative estimate of drug-likeness (QED) is 0.692. The molecule has 1 heterocycles. The van der Waals surface area contributed by atoms with Crippen molar-refractivity contribution in [2.45, 2.75) is 26.7 Å². The van der Waals surface area contributed by atoms with Gasteiger partial charge in [0.25, 0.3) is 0 Å². The molecule has 0 amide bonds. The summed E-state index contributed by atoms with van der Waals surface area (Å²) in [4.78, 5) is 15.7. The summed E-state index contributed by atoms with van der Waals surface area (Å²) in [6.45, 7) is 4.03. The number of anilines is 1. The molecule has 0 aliphatic carbocycles. The molecule has 0 fully saturated rings. The van der Waals surface area contributed by atoms with E-state index in [-0.39, 0.29) is 5.97 Å². The van der Waals surface area contributed by atoms with Gasteiger partial charge in [0.2, 0.25) is 0 Å². The molecule has 0 aliphatic rings. The molecule has 0 saturated heterocycles. The highest BCUT2D eigenvalue weighted by Gasteiger charge is 2.13. The van der Waals surface area contributed by atoms with E-state index in [2.05, 4.69) is 4.98 Å². The molecule has 4 heteroatoms. The molecule has 21 heavy (non-hydrogen) atoms. The van der Waals surface area contributed by atoms with E-state index < -0.39 is 0 Å². The number of ether oxygens (including phenoxy) is 1. The standard InChI is InChI=1S/C17H20N2O2/c1-11-12(2)19-10-9-13(11)14-5-4-6-16(18)15(14)7-8-17(20)21-3/h4-6,9-10H,7-8,18H2,1-3H3. The van der Waals surface area contributed by atoms with Crippen LogP contribution in [-0.2, 0) is 16.0 Å². The average molecular weight is 284 g/mol. The lowest BCUT2D eigenvalue weighted by Crippen LogP contribution is -2.05. The molecule has 0 spiro atoms. The van der Waals surface area contributed by atoms with Crippen molar-refractivity contribution in [3.63, 3.8) is 0 Å². The van der Waals surface area contributed by atoms with Crippen molar-refractivity contribution >= 4 is 11.7 Å². The van der Waals surface area contributed by atoms with Crippen LogP contribution in [0.25, 0.3) is 11.1 Å². The molecule has 0 radical (unpaired) electrons. The van der Waals surface area contributed by atoms with Crippen LogP contribution in [0.15, 0.2) is 30.5 Å². The summed E-state index contributed by atoms with van der Waals surface area (Å²) in [5, 5.41) is 0. The monoisotopic (exact) mass is 284 g/mol. The van der Waals surface area contributed by atoms with Gasteiger partial charge in [0.15, 0.2) is 0 Å². The Labute approximate surface area is 125 Å². The maximum absolute atomic E-state index is 11.4. The Balaban J connectivity index is 2.46. The number of carbonyl (C=O) groups is 1. The number of esters is 1. The number of nitrogens with two attached hydrogens (primary N) is 1. The summed E-state index contributed by atoms with van der Waals surface area (Å²) in [5.74, 6) is -0.230. The first kappa shape index (κ1) is 15.0. The normalized spacial score (nSPS) is 10.4. The van der Waals surface area contributed by atoms with Crippen LogP contribution < -0.4 is 5.73 Å². The Kier molecular flexibility index (Phi) is 4.58. The van der Waals surface area contributed by atoms with Crippen LogP contribution >= 0.6 is 0 Å². The van der Waals surface area contributed by atoms with E-state index in [0.717, 1.165) is 27.9 Å². The number of nitrogens with zero attached hydrogens (tertiary/aromatic N) is 1. The number of nitrogen functional groups attached to an aromatic ring is 1. The van der Waals surface area contributed by atoms with Gasteiger partial charge in [-0.15, -0.1) is 0 Å². The number of carbonyl (C=O) groups excluding carboxylic acids is 1. The lowest BCUT2D eigenvalue weighted by atomic mass is 9.92. The molecule has 2 N–H and O–H groups in total. The van der Waals surface area contributed by atoms with Crippen molar-refractivity contribution in [2.75, 3.05) is 12.8 Å². The second kappa shape index (κ2) is 6.39. The van der Waals surface area contributed by atoms with E-state index in [9.17, 15) is 4.79 Å². The van der Waals surface area contributed by atoms with E-state index in [0.29, 0.717) is 18.5 Å². The Morgan fingerprint density at radius 1 is 1.24 bits per heavy atom. The highest BCUT2D eigenvalue weighted by atomic mass is 16.5. The first-order valence-corrected chi connectivity index (χ1v) is 6.91. The van der Waals surface area contributed by atoms with Crippen molar-refractivity contribution in [1.29, 1.82) is 0 Å². The number of rotatable bonds is 4. The smallest absolute Gasteiger partial charge is 0.305 e. The molecule has 1 aromatic heterocycles. The summed E-state index contributed by atoms with van der Waals surface area (Å²) >= 11 is 0. The van der Waals surface area contributed by atoms with Gasteiger partial charge in [-0.05, 0) is 54.7 Å². The minimum absolute atomic E-state index is 0.230. The molecule has 4 nitrogen and oxygen atoms in total. The van der Waals surface area contributed by atoms with Crippen molar-refractivity contribution < 1.29 is 9.53 Å². The predicted octanol–water partition coefficient (Wildman–Crippen LogP) is 3.05. The minimum atomic E-state index is -0.230. The molecular weight excluding hydrogens is 264 g/mol. The lowest BCUT2D eigenvalue weighted by Gasteiger charge is -2.15. The van der Waals surface area contributed by atoms with Gasteiger partial charge >= 0.3 is 5.97 Å². The lowest BCUT2D eigenvalue weighted by molar-refractivity contribution is -0.140. The zero-order valence-electron chi connectivity index (χ0n) is 12.6. The van der Waals surface area contributed by atoms with Crippen LogP contribution in [0.2, 0.25) is 0 Å². The average Bonchev–Trinajstić information content (AvgIpc) is 2.48. The number of methoxy groups -OCH3 is 1.